The number of benzene rings is 5. The van der Waals surface area contributed by atoms with Gasteiger partial charge in [-0.15, -0.1) is 0 Å². The van der Waals surface area contributed by atoms with Crippen LogP contribution in [0.15, 0.2) is 151 Å². The zero-order chi connectivity index (χ0) is 35.4. The molecule has 1 aromatic heterocycles. The summed E-state index contributed by atoms with van der Waals surface area (Å²) < 4.78 is 7.05. The Balaban J connectivity index is 0.00000212. The van der Waals surface area contributed by atoms with Crippen molar-refractivity contribution >= 4 is 72.1 Å². The quantitative estimate of drug-likeness (QED) is 0.0960. The minimum atomic E-state index is 0.464. The second kappa shape index (κ2) is 14.5. The van der Waals surface area contributed by atoms with E-state index in [2.05, 4.69) is 120 Å². The van der Waals surface area contributed by atoms with Crippen molar-refractivity contribution in [2.45, 2.75) is 34.6 Å². The van der Waals surface area contributed by atoms with Gasteiger partial charge in [0.1, 0.15) is 0 Å². The fourth-order valence-corrected chi connectivity index (χ4v) is 6.61. The first-order valence-corrected chi connectivity index (χ1v) is 17.1. The summed E-state index contributed by atoms with van der Waals surface area (Å²) in [6.07, 6.45) is 15.2. The smallest absolute Gasteiger partial charge is 0.330 e. The largest absolute Gasteiger partial charge is 0.404 e. The second-order valence-corrected chi connectivity index (χ2v) is 12.2. The van der Waals surface area contributed by atoms with E-state index >= 15 is 0 Å². The zero-order valence-electron chi connectivity index (χ0n) is 29.5. The molecular formula is C46H43N4+. The summed E-state index contributed by atoms with van der Waals surface area (Å²) in [5, 5.41) is 15.5. The Morgan fingerprint density at radius 3 is 2.34 bits per heavy atom. The van der Waals surface area contributed by atoms with Gasteiger partial charge < -0.3 is 15.7 Å². The highest BCUT2D eigenvalue weighted by Crippen LogP contribution is 2.39. The second-order valence-electron chi connectivity index (χ2n) is 12.2. The van der Waals surface area contributed by atoms with Gasteiger partial charge in [-0.2, -0.15) is 0 Å². The molecule has 4 heteroatoms. The van der Waals surface area contributed by atoms with Crippen LogP contribution in [-0.4, -0.2) is 22.2 Å². The summed E-state index contributed by atoms with van der Waals surface area (Å²) in [6, 6.07) is 32.9. The lowest BCUT2D eigenvalue weighted by molar-refractivity contribution is 1.19. The number of fused-ring (bicyclic) bond motifs is 6. The summed E-state index contributed by atoms with van der Waals surface area (Å²) in [5.41, 5.74) is 17.0. The predicted octanol–water partition coefficient (Wildman–Crippen LogP) is 11.1. The van der Waals surface area contributed by atoms with E-state index in [1.807, 2.05) is 52.1 Å². The van der Waals surface area contributed by atoms with Crippen LogP contribution in [0.25, 0.3) is 60.2 Å². The maximum Gasteiger partial charge on any atom is 0.330 e. The molecule has 3 N–H and O–H groups in total. The van der Waals surface area contributed by atoms with Crippen molar-refractivity contribution in [3.05, 3.63) is 163 Å². The van der Waals surface area contributed by atoms with Gasteiger partial charge in [0.05, 0.1) is 22.3 Å². The summed E-state index contributed by atoms with van der Waals surface area (Å²) in [6.45, 7) is 13.7. The molecule has 0 unspecified atom stereocenters. The van der Waals surface area contributed by atoms with Gasteiger partial charge in [0.15, 0.2) is 0 Å². The average molecular weight is 652 g/mol. The van der Waals surface area contributed by atoms with E-state index in [0.29, 0.717) is 5.71 Å². The van der Waals surface area contributed by atoms with Crippen LogP contribution in [0.2, 0.25) is 0 Å². The molecule has 50 heavy (non-hydrogen) atoms. The Labute approximate surface area is 294 Å². The molecule has 0 bridgehead atoms. The molecule has 0 aliphatic carbocycles. The Kier molecular flexibility index (Phi) is 9.76. The van der Waals surface area contributed by atoms with E-state index < -0.39 is 0 Å². The van der Waals surface area contributed by atoms with Crippen LogP contribution in [0, 0.1) is 5.41 Å². The molecule has 2 heterocycles. The van der Waals surface area contributed by atoms with Crippen LogP contribution in [0.1, 0.15) is 45.7 Å². The van der Waals surface area contributed by atoms with Gasteiger partial charge in [-0.1, -0.05) is 110 Å². The Hall–Kier alpha value is -6.22. The van der Waals surface area contributed by atoms with E-state index in [-0.39, 0.29) is 0 Å². The highest BCUT2D eigenvalue weighted by atomic mass is 15.0. The van der Waals surface area contributed by atoms with Crippen molar-refractivity contribution in [2.75, 3.05) is 0 Å². The maximum absolute atomic E-state index is 8.39. The zero-order valence-corrected chi connectivity index (χ0v) is 29.5. The average Bonchev–Trinajstić information content (AvgIpc) is 3.78. The van der Waals surface area contributed by atoms with Crippen LogP contribution in [0.4, 0.5) is 0 Å². The van der Waals surface area contributed by atoms with Gasteiger partial charge in [-0.05, 0) is 95.6 Å². The highest BCUT2D eigenvalue weighted by molar-refractivity contribution is 6.27. The molecule has 0 amide bonds. The number of nitrogens with one attached hydrogen (secondary N) is 1. The van der Waals surface area contributed by atoms with E-state index in [1.165, 1.54) is 26.9 Å². The van der Waals surface area contributed by atoms with E-state index in [9.17, 15) is 0 Å². The van der Waals surface area contributed by atoms with Crippen molar-refractivity contribution < 1.29 is 0 Å². The van der Waals surface area contributed by atoms with Crippen molar-refractivity contribution in [1.82, 2.24) is 9.24 Å². The molecule has 6 aromatic rings. The molecule has 4 nitrogen and oxygen atoms in total. The number of aromatic nitrogens is 1. The first-order chi connectivity index (χ1) is 24.4. The summed E-state index contributed by atoms with van der Waals surface area (Å²) >= 11 is 0. The molecular weight excluding hydrogens is 609 g/mol. The van der Waals surface area contributed by atoms with Crippen LogP contribution in [-0.2, 0) is 0 Å². The van der Waals surface area contributed by atoms with Crippen LogP contribution < -0.4 is 10.4 Å². The monoisotopic (exact) mass is 651 g/mol. The molecule has 5 aromatic carbocycles. The van der Waals surface area contributed by atoms with Crippen molar-refractivity contribution in [3.8, 4) is 5.69 Å². The van der Waals surface area contributed by atoms with E-state index in [4.69, 9.17) is 11.1 Å². The minimum absolute atomic E-state index is 0.464. The topological polar surface area (TPSA) is 68.9 Å². The fraction of sp³-hybridized carbons (Fsp3) is 0.109. The Morgan fingerprint density at radius 2 is 1.58 bits per heavy atom. The van der Waals surface area contributed by atoms with Gasteiger partial charge in [0.2, 0.25) is 0 Å². The van der Waals surface area contributed by atoms with Gasteiger partial charge in [0, 0.05) is 39.7 Å². The molecule has 246 valence electrons. The van der Waals surface area contributed by atoms with Crippen LogP contribution in [0.5, 0.6) is 0 Å². The third-order valence-corrected chi connectivity index (χ3v) is 9.12. The minimum Gasteiger partial charge on any atom is -0.404 e. The first kappa shape index (κ1) is 33.7. The molecule has 0 saturated heterocycles. The summed E-state index contributed by atoms with van der Waals surface area (Å²) in [7, 11) is 0. The number of nitrogens with two attached hydrogens (primary N) is 1. The van der Waals surface area contributed by atoms with E-state index in [1.54, 1.807) is 18.4 Å². The van der Waals surface area contributed by atoms with E-state index in [0.717, 1.165) is 61.2 Å². The number of hydrogen-bond donors (Lipinski definition) is 2. The van der Waals surface area contributed by atoms with Crippen LogP contribution in [0.3, 0.4) is 0 Å². The SMILES string of the molecule is C=C/C=C(\C)C1=[N+]=CC(c2ccc3c(ccc4c5ccc(C(/C=C(\C)C(=N)/C=C\C)=C/N)cc5n(-c5ccc6ccccc6c5)c34)c2)=C1.CC. The predicted molar refractivity (Wildman–Crippen MR) is 221 cm³/mol. The fourth-order valence-electron chi connectivity index (χ4n) is 6.61. The standard InChI is InChI=1S/C44H36N4.C2H6/c1-5-9-28(3)42-24-36(27-47-42)32-14-18-38-34(22-32)16-20-40-39-19-15-33(35(26-45)21-29(4)41(46)10-6-2)25-43(39)48(44(38)40)37-17-13-30-11-7-8-12-31(30)23-37;1-2/h5-27,45-46H,1H2,2-4H3;1-2H3/p+1/b10-6-,28-9+,29-21+,46-41?;. The Morgan fingerprint density at radius 1 is 0.840 bits per heavy atom. The molecule has 0 spiro atoms. The molecule has 0 saturated carbocycles. The van der Waals surface area contributed by atoms with Crippen molar-refractivity contribution in [1.29, 1.82) is 5.41 Å². The van der Waals surface area contributed by atoms with Gasteiger partial charge in [-0.3, -0.25) is 0 Å². The Bertz CT molecular complexity index is 2550. The lowest BCUT2D eigenvalue weighted by atomic mass is 9.98. The third kappa shape index (κ3) is 6.21. The number of allylic oxidation sites excluding steroid dienone is 10. The van der Waals surface area contributed by atoms with Crippen molar-refractivity contribution in [3.63, 3.8) is 0 Å². The highest BCUT2D eigenvalue weighted by Gasteiger charge is 2.21. The summed E-state index contributed by atoms with van der Waals surface area (Å²) in [4.78, 5) is 0. The van der Waals surface area contributed by atoms with Crippen LogP contribution >= 0.6 is 0 Å². The van der Waals surface area contributed by atoms with Gasteiger partial charge in [0.25, 0.3) is 0 Å². The molecule has 1 aliphatic rings. The normalized spacial score (nSPS) is 13.7. The molecule has 1 aliphatic heterocycles. The molecule has 0 radical (unpaired) electrons. The molecule has 0 fully saturated rings. The van der Waals surface area contributed by atoms with Gasteiger partial charge in [-0.25, -0.2) is 0 Å². The maximum atomic E-state index is 8.39. The lowest BCUT2D eigenvalue weighted by Gasteiger charge is -2.12. The molecule has 0 atom stereocenters. The number of hydrogen-bond acceptors (Lipinski definition) is 2. The number of nitrogens with zero attached hydrogens (tertiary/aromatic N) is 2. The van der Waals surface area contributed by atoms with Crippen molar-refractivity contribution in [2.24, 2.45) is 5.73 Å². The lowest BCUT2D eigenvalue weighted by Crippen LogP contribution is -1.97. The third-order valence-electron chi connectivity index (χ3n) is 9.12. The first-order valence-electron chi connectivity index (χ1n) is 17.1. The molecule has 7 rings (SSSR count). The summed E-state index contributed by atoms with van der Waals surface area (Å²) in [5.74, 6) is 0. The van der Waals surface area contributed by atoms with Gasteiger partial charge >= 0.3 is 11.9 Å². The number of rotatable bonds is 8.